The molecule has 0 aliphatic rings. The topological polar surface area (TPSA) is 99.1 Å². The van der Waals surface area contributed by atoms with E-state index in [0.29, 0.717) is 19.3 Å². The Morgan fingerprint density at radius 1 is 0.612 bits per heavy atom. The number of carboxylic acids is 1. The zero-order valence-corrected chi connectivity index (χ0v) is 31.4. The number of nitrogens with zero attached hydrogens (tertiary/aromatic N) is 1. The van der Waals surface area contributed by atoms with Crippen molar-refractivity contribution < 1.29 is 38.2 Å². The van der Waals surface area contributed by atoms with Crippen LogP contribution < -0.4 is 0 Å². The van der Waals surface area contributed by atoms with Crippen molar-refractivity contribution in [1.82, 2.24) is 0 Å². The molecule has 0 aliphatic heterocycles. The number of rotatable bonds is 31. The van der Waals surface area contributed by atoms with Gasteiger partial charge in [-0.1, -0.05) is 99.6 Å². The van der Waals surface area contributed by atoms with Crippen LogP contribution in [0.25, 0.3) is 0 Å². The van der Waals surface area contributed by atoms with Gasteiger partial charge in [-0.15, -0.1) is 0 Å². The Labute approximate surface area is 298 Å². The van der Waals surface area contributed by atoms with Crippen LogP contribution in [0.2, 0.25) is 0 Å². The largest absolute Gasteiger partial charge is 0.477 e. The summed E-state index contributed by atoms with van der Waals surface area (Å²) in [5, 5.41) is 9.57. The van der Waals surface area contributed by atoms with Crippen LogP contribution in [0.1, 0.15) is 117 Å². The summed E-state index contributed by atoms with van der Waals surface area (Å²) < 4.78 is 17.1. The molecule has 0 saturated heterocycles. The molecular weight excluding hydrogens is 618 g/mol. The average Bonchev–Trinajstić information content (AvgIpc) is 3.05. The van der Waals surface area contributed by atoms with Crippen LogP contribution in [-0.2, 0) is 28.6 Å². The van der Waals surface area contributed by atoms with E-state index >= 15 is 0 Å². The summed E-state index contributed by atoms with van der Waals surface area (Å²) in [5.41, 5.74) is 0. The maximum Gasteiger partial charge on any atom is 0.362 e. The van der Waals surface area contributed by atoms with E-state index < -0.39 is 18.1 Å². The molecule has 0 saturated carbocycles. The third-order valence-corrected chi connectivity index (χ3v) is 7.60. The highest BCUT2D eigenvalue weighted by Crippen LogP contribution is 2.11. The lowest BCUT2D eigenvalue weighted by Gasteiger charge is -2.31. The van der Waals surface area contributed by atoms with Gasteiger partial charge in [-0.2, -0.15) is 0 Å². The average molecular weight is 687 g/mol. The predicted octanol–water partition coefficient (Wildman–Crippen LogP) is 9.24. The maximum absolute atomic E-state index is 12.6. The van der Waals surface area contributed by atoms with Gasteiger partial charge in [0.05, 0.1) is 34.4 Å². The van der Waals surface area contributed by atoms with E-state index in [9.17, 15) is 19.5 Å². The number of carboxylic acid groups (broad SMARTS) is 1. The quantitative estimate of drug-likeness (QED) is 0.0336. The van der Waals surface area contributed by atoms with Gasteiger partial charge in [-0.25, -0.2) is 4.79 Å². The third kappa shape index (κ3) is 30.6. The van der Waals surface area contributed by atoms with Gasteiger partial charge in [0.25, 0.3) is 0 Å². The Bertz CT molecular complexity index is 1030. The van der Waals surface area contributed by atoms with Gasteiger partial charge >= 0.3 is 17.9 Å². The molecule has 8 nitrogen and oxygen atoms in total. The number of unbranched alkanes of at least 4 members (excludes halogenated alkanes) is 5. The van der Waals surface area contributed by atoms with Crippen molar-refractivity contribution >= 4 is 17.9 Å². The number of hydrogen-bond acceptors (Lipinski definition) is 6. The van der Waals surface area contributed by atoms with Gasteiger partial charge in [0, 0.05) is 19.3 Å². The van der Waals surface area contributed by atoms with Crippen molar-refractivity contribution in [2.75, 3.05) is 41.0 Å². The Morgan fingerprint density at radius 3 is 1.63 bits per heavy atom. The normalized spacial score (nSPS) is 13.9. The molecule has 0 bridgehead atoms. The minimum Gasteiger partial charge on any atom is -0.477 e. The molecule has 278 valence electrons. The molecule has 0 spiro atoms. The first-order chi connectivity index (χ1) is 23.6. The van der Waals surface area contributed by atoms with Crippen LogP contribution in [0.5, 0.6) is 0 Å². The van der Waals surface area contributed by atoms with E-state index in [2.05, 4.69) is 86.8 Å². The SMILES string of the molecule is CC/C=C/C/C=C/C/C=C/CCCCCCC(=O)OCC(COCCC(C(=O)O)[N+](C)(C)C)OC(=O)CCC/C=C/C/C=C/C/C=C/CC. The molecule has 2 unspecified atom stereocenters. The van der Waals surface area contributed by atoms with Crippen molar-refractivity contribution in [1.29, 1.82) is 0 Å². The lowest BCUT2D eigenvalue weighted by molar-refractivity contribution is -0.887. The number of carbonyl (C=O) groups excluding carboxylic acids is 2. The first-order valence-electron chi connectivity index (χ1n) is 18.5. The number of likely N-dealkylation sites (N-methyl/N-ethyl adjacent to an activating group) is 1. The molecule has 0 aromatic carbocycles. The molecule has 0 aromatic rings. The van der Waals surface area contributed by atoms with Crippen molar-refractivity contribution in [2.24, 2.45) is 0 Å². The van der Waals surface area contributed by atoms with E-state index in [1.165, 1.54) is 0 Å². The Morgan fingerprint density at radius 2 is 1.10 bits per heavy atom. The minimum absolute atomic E-state index is 0.0292. The molecular formula is C41H68NO7+. The minimum atomic E-state index is -0.891. The molecule has 0 rings (SSSR count). The van der Waals surface area contributed by atoms with Gasteiger partial charge in [0.15, 0.2) is 12.1 Å². The summed E-state index contributed by atoms with van der Waals surface area (Å²) in [6, 6.07) is -0.628. The van der Waals surface area contributed by atoms with Crippen LogP contribution in [0.4, 0.5) is 0 Å². The van der Waals surface area contributed by atoms with Crippen LogP contribution in [0.3, 0.4) is 0 Å². The fraction of sp³-hybridized carbons (Fsp3) is 0.634. The monoisotopic (exact) mass is 686 g/mol. The lowest BCUT2D eigenvalue weighted by Crippen LogP contribution is -2.50. The van der Waals surface area contributed by atoms with Gasteiger partial charge in [-0.05, 0) is 70.6 Å². The van der Waals surface area contributed by atoms with E-state index in [0.717, 1.165) is 77.0 Å². The lowest BCUT2D eigenvalue weighted by atomic mass is 10.1. The summed E-state index contributed by atoms with van der Waals surface area (Å²) in [7, 11) is 5.48. The summed E-state index contributed by atoms with van der Waals surface area (Å²) in [5.74, 6) is -1.58. The van der Waals surface area contributed by atoms with Crippen LogP contribution in [0, 0.1) is 0 Å². The second-order valence-corrected chi connectivity index (χ2v) is 13.1. The fourth-order valence-corrected chi connectivity index (χ4v) is 4.77. The van der Waals surface area contributed by atoms with Crippen molar-refractivity contribution in [3.8, 4) is 0 Å². The van der Waals surface area contributed by atoms with Gasteiger partial charge in [0.1, 0.15) is 6.61 Å². The molecule has 0 aromatic heterocycles. The molecule has 0 radical (unpaired) electrons. The number of carbonyl (C=O) groups is 3. The molecule has 8 heteroatoms. The Balaban J connectivity index is 4.55. The smallest absolute Gasteiger partial charge is 0.362 e. The second-order valence-electron chi connectivity index (χ2n) is 13.1. The zero-order chi connectivity index (χ0) is 36.4. The molecule has 0 aliphatic carbocycles. The van der Waals surface area contributed by atoms with Gasteiger partial charge in [0.2, 0.25) is 0 Å². The molecule has 2 atom stereocenters. The maximum atomic E-state index is 12.6. The summed E-state index contributed by atoms with van der Waals surface area (Å²) in [4.78, 5) is 36.7. The van der Waals surface area contributed by atoms with E-state index in [-0.39, 0.29) is 42.7 Å². The molecule has 49 heavy (non-hydrogen) atoms. The van der Waals surface area contributed by atoms with Crippen LogP contribution >= 0.6 is 0 Å². The van der Waals surface area contributed by atoms with Crippen molar-refractivity contribution in [3.63, 3.8) is 0 Å². The van der Waals surface area contributed by atoms with E-state index in [1.54, 1.807) is 0 Å². The zero-order valence-electron chi connectivity index (χ0n) is 31.4. The van der Waals surface area contributed by atoms with E-state index in [4.69, 9.17) is 14.2 Å². The molecule has 0 heterocycles. The van der Waals surface area contributed by atoms with Crippen LogP contribution in [-0.4, -0.2) is 80.6 Å². The van der Waals surface area contributed by atoms with Gasteiger partial charge < -0.3 is 23.8 Å². The number of hydrogen-bond donors (Lipinski definition) is 1. The molecule has 0 amide bonds. The number of ether oxygens (including phenoxy) is 3. The van der Waals surface area contributed by atoms with E-state index in [1.807, 2.05) is 21.1 Å². The van der Waals surface area contributed by atoms with Crippen molar-refractivity contribution in [2.45, 2.75) is 129 Å². The van der Waals surface area contributed by atoms with Gasteiger partial charge in [-0.3, -0.25) is 9.59 Å². The van der Waals surface area contributed by atoms with Crippen molar-refractivity contribution in [3.05, 3.63) is 72.9 Å². The third-order valence-electron chi connectivity index (χ3n) is 7.60. The fourth-order valence-electron chi connectivity index (χ4n) is 4.77. The van der Waals surface area contributed by atoms with Crippen LogP contribution in [0.15, 0.2) is 72.9 Å². The first-order valence-corrected chi connectivity index (χ1v) is 18.5. The Kier molecular flexibility index (Phi) is 29.9. The molecule has 1 N–H and O–H groups in total. The second kappa shape index (κ2) is 32.0. The highest BCUT2D eigenvalue weighted by Gasteiger charge is 2.31. The predicted molar refractivity (Wildman–Crippen MR) is 201 cm³/mol. The summed E-state index contributed by atoms with van der Waals surface area (Å²) in [6.07, 6.45) is 38.2. The number of allylic oxidation sites excluding steroid dienone is 12. The number of esters is 2. The highest BCUT2D eigenvalue weighted by molar-refractivity contribution is 5.72. The Hall–Kier alpha value is -3.23. The number of aliphatic carboxylic acids is 1. The number of quaternary nitrogens is 1. The standard InChI is InChI=1S/C41H67NO7/c1-6-8-10-12-14-16-18-19-20-22-23-25-27-29-31-39(43)48-36-37(35-47-34-33-38(41(45)46)42(3,4)5)49-40(44)32-30-28-26-24-21-17-15-13-11-9-7-2/h8-11,14-17,19-20,24,26,37-38H,6-7,12-13,18,21-23,25,27-36H2,1-5H3/p+1/b10-8+,11-9+,16-14+,17-15+,20-19+,26-24+. The molecule has 0 fully saturated rings. The summed E-state index contributed by atoms with van der Waals surface area (Å²) in [6.45, 7) is 4.38. The summed E-state index contributed by atoms with van der Waals surface area (Å²) >= 11 is 0. The first kappa shape index (κ1) is 45.8. The highest BCUT2D eigenvalue weighted by atomic mass is 16.6.